The SMILES string of the molecule is CN=C(NCc1csc(C(C)(C)C)n1)NCC(c1ccco1)N1CCCCC1.I. The summed E-state index contributed by atoms with van der Waals surface area (Å²) in [5.41, 5.74) is 1.14. The zero-order valence-corrected chi connectivity index (χ0v) is 21.0. The van der Waals surface area contributed by atoms with Crippen molar-refractivity contribution < 1.29 is 4.42 Å². The topological polar surface area (TPSA) is 65.7 Å². The fourth-order valence-corrected chi connectivity index (χ4v) is 4.35. The number of halogens is 1. The molecule has 0 aromatic carbocycles. The minimum Gasteiger partial charge on any atom is -0.468 e. The van der Waals surface area contributed by atoms with Gasteiger partial charge >= 0.3 is 0 Å². The average Bonchev–Trinajstić information content (AvgIpc) is 3.37. The van der Waals surface area contributed by atoms with Crippen LogP contribution in [0, 0.1) is 0 Å². The van der Waals surface area contributed by atoms with Crippen molar-refractivity contribution in [2.75, 3.05) is 26.7 Å². The normalized spacial score (nSPS) is 16.9. The first-order chi connectivity index (χ1) is 13.5. The first-order valence-electron chi connectivity index (χ1n) is 10.1. The van der Waals surface area contributed by atoms with Gasteiger partial charge in [-0.1, -0.05) is 27.2 Å². The third-order valence-electron chi connectivity index (χ3n) is 5.02. The van der Waals surface area contributed by atoms with Gasteiger partial charge in [-0.2, -0.15) is 0 Å². The molecule has 0 amide bonds. The summed E-state index contributed by atoms with van der Waals surface area (Å²) in [6.45, 7) is 10.2. The Hall–Kier alpha value is -1.13. The van der Waals surface area contributed by atoms with E-state index in [1.54, 1.807) is 24.6 Å². The molecule has 2 aromatic rings. The van der Waals surface area contributed by atoms with Crippen molar-refractivity contribution in [3.8, 4) is 0 Å². The highest BCUT2D eigenvalue weighted by molar-refractivity contribution is 14.0. The molecule has 0 saturated carbocycles. The first-order valence-corrected chi connectivity index (χ1v) is 11.0. The molecule has 1 aliphatic heterocycles. The number of piperidine rings is 1. The molecular formula is C21H34IN5OS. The molecule has 0 spiro atoms. The molecule has 6 nitrogen and oxygen atoms in total. The standard InChI is InChI=1S/C21H33N5OS.HI/c1-21(2,3)19-25-16(15-28-19)13-23-20(22-4)24-14-17(18-9-8-12-27-18)26-10-6-5-7-11-26;/h8-9,12,15,17H,5-7,10-11,13-14H2,1-4H3,(H2,22,23,24);1H. The van der Waals surface area contributed by atoms with Gasteiger partial charge in [0.25, 0.3) is 0 Å². The van der Waals surface area contributed by atoms with Crippen LogP contribution in [-0.4, -0.2) is 42.5 Å². The number of hydrogen-bond acceptors (Lipinski definition) is 5. The summed E-state index contributed by atoms with van der Waals surface area (Å²) in [5.74, 6) is 1.80. The summed E-state index contributed by atoms with van der Waals surface area (Å²) in [4.78, 5) is 11.6. The second kappa shape index (κ2) is 11.3. The van der Waals surface area contributed by atoms with E-state index in [2.05, 4.69) is 52.7 Å². The van der Waals surface area contributed by atoms with Crippen molar-refractivity contribution in [2.45, 2.75) is 58.0 Å². The lowest BCUT2D eigenvalue weighted by molar-refractivity contribution is 0.146. The molecule has 1 aliphatic rings. The van der Waals surface area contributed by atoms with E-state index < -0.39 is 0 Å². The van der Waals surface area contributed by atoms with Gasteiger partial charge in [0.1, 0.15) is 5.76 Å². The number of rotatable bonds is 6. The number of aromatic nitrogens is 1. The van der Waals surface area contributed by atoms with Gasteiger partial charge in [0.2, 0.25) is 0 Å². The molecule has 1 atom stereocenters. The van der Waals surface area contributed by atoms with Crippen LogP contribution in [0.2, 0.25) is 0 Å². The van der Waals surface area contributed by atoms with Gasteiger partial charge in [0.15, 0.2) is 5.96 Å². The molecule has 3 heterocycles. The Balaban J connectivity index is 0.00000300. The maximum absolute atomic E-state index is 5.73. The number of furan rings is 1. The minimum absolute atomic E-state index is 0. The van der Waals surface area contributed by atoms with Crippen LogP contribution in [0.15, 0.2) is 33.2 Å². The number of guanidine groups is 1. The summed E-state index contributed by atoms with van der Waals surface area (Å²) in [6.07, 6.45) is 5.59. The maximum Gasteiger partial charge on any atom is 0.191 e. The highest BCUT2D eigenvalue weighted by Gasteiger charge is 2.24. The zero-order chi connectivity index (χ0) is 20.0. The van der Waals surface area contributed by atoms with Crippen LogP contribution in [0.25, 0.3) is 0 Å². The van der Waals surface area contributed by atoms with Crippen molar-refractivity contribution >= 4 is 41.3 Å². The van der Waals surface area contributed by atoms with Crippen molar-refractivity contribution in [1.82, 2.24) is 20.5 Å². The molecule has 162 valence electrons. The Morgan fingerprint density at radius 3 is 2.62 bits per heavy atom. The predicted molar refractivity (Wildman–Crippen MR) is 131 cm³/mol. The summed E-state index contributed by atoms with van der Waals surface area (Å²) >= 11 is 1.72. The van der Waals surface area contributed by atoms with Crippen LogP contribution in [-0.2, 0) is 12.0 Å². The molecule has 0 bridgehead atoms. The van der Waals surface area contributed by atoms with Gasteiger partial charge in [-0.25, -0.2) is 4.98 Å². The Morgan fingerprint density at radius 1 is 1.28 bits per heavy atom. The van der Waals surface area contributed by atoms with Gasteiger partial charge in [-0.15, -0.1) is 35.3 Å². The van der Waals surface area contributed by atoms with Gasteiger partial charge in [-0.3, -0.25) is 9.89 Å². The number of thiazole rings is 1. The lowest BCUT2D eigenvalue weighted by Gasteiger charge is -2.33. The predicted octanol–water partition coefficient (Wildman–Crippen LogP) is 4.54. The number of nitrogens with zero attached hydrogens (tertiary/aromatic N) is 3. The third kappa shape index (κ3) is 6.96. The Bertz CT molecular complexity index is 747. The molecule has 0 radical (unpaired) electrons. The Labute approximate surface area is 195 Å². The highest BCUT2D eigenvalue weighted by Crippen LogP contribution is 2.26. The van der Waals surface area contributed by atoms with Gasteiger partial charge < -0.3 is 15.1 Å². The van der Waals surface area contributed by atoms with Crippen LogP contribution in [0.3, 0.4) is 0 Å². The van der Waals surface area contributed by atoms with E-state index in [9.17, 15) is 0 Å². The zero-order valence-electron chi connectivity index (χ0n) is 17.9. The summed E-state index contributed by atoms with van der Waals surface area (Å²) in [7, 11) is 1.81. The molecule has 1 saturated heterocycles. The molecule has 3 rings (SSSR count). The van der Waals surface area contributed by atoms with Gasteiger partial charge in [0.05, 0.1) is 29.6 Å². The van der Waals surface area contributed by atoms with E-state index in [0.29, 0.717) is 6.54 Å². The van der Waals surface area contributed by atoms with Crippen LogP contribution in [0.5, 0.6) is 0 Å². The first kappa shape index (κ1) is 24.1. The third-order valence-corrected chi connectivity index (χ3v) is 6.34. The van der Waals surface area contributed by atoms with Gasteiger partial charge in [-0.05, 0) is 38.1 Å². The second-order valence-electron chi connectivity index (χ2n) is 8.33. The molecular weight excluding hydrogens is 497 g/mol. The molecule has 1 fully saturated rings. The van der Waals surface area contributed by atoms with E-state index in [0.717, 1.165) is 42.1 Å². The monoisotopic (exact) mass is 531 g/mol. The molecule has 0 aliphatic carbocycles. The number of aliphatic imine (C=N–C) groups is 1. The lowest BCUT2D eigenvalue weighted by Crippen LogP contribution is -2.44. The highest BCUT2D eigenvalue weighted by atomic mass is 127. The Kier molecular flexibility index (Phi) is 9.42. The van der Waals surface area contributed by atoms with Crippen LogP contribution in [0.1, 0.15) is 62.5 Å². The summed E-state index contributed by atoms with van der Waals surface area (Å²) < 4.78 is 5.73. The van der Waals surface area contributed by atoms with Crippen molar-refractivity contribution in [3.63, 3.8) is 0 Å². The molecule has 2 N–H and O–H groups in total. The van der Waals surface area contributed by atoms with Crippen LogP contribution >= 0.6 is 35.3 Å². The van der Waals surface area contributed by atoms with Crippen molar-refractivity contribution in [3.05, 3.63) is 40.2 Å². The molecule has 2 aromatic heterocycles. The van der Waals surface area contributed by atoms with E-state index >= 15 is 0 Å². The van der Waals surface area contributed by atoms with Crippen LogP contribution in [0.4, 0.5) is 0 Å². The van der Waals surface area contributed by atoms with E-state index in [-0.39, 0.29) is 35.4 Å². The van der Waals surface area contributed by atoms with E-state index in [1.807, 2.05) is 6.07 Å². The molecule has 1 unspecified atom stereocenters. The number of hydrogen-bond donors (Lipinski definition) is 2. The second-order valence-corrected chi connectivity index (χ2v) is 9.19. The average molecular weight is 532 g/mol. The van der Waals surface area contributed by atoms with Crippen LogP contribution < -0.4 is 10.6 Å². The fraction of sp³-hybridized carbons (Fsp3) is 0.619. The van der Waals surface area contributed by atoms with Crippen molar-refractivity contribution in [1.29, 1.82) is 0 Å². The summed E-state index contributed by atoms with van der Waals surface area (Å²) in [6, 6.07) is 4.26. The Morgan fingerprint density at radius 2 is 2.03 bits per heavy atom. The smallest absolute Gasteiger partial charge is 0.191 e. The molecule has 8 heteroatoms. The fourth-order valence-electron chi connectivity index (χ4n) is 3.44. The minimum atomic E-state index is 0. The largest absolute Gasteiger partial charge is 0.468 e. The van der Waals surface area contributed by atoms with Gasteiger partial charge in [0, 0.05) is 24.4 Å². The van der Waals surface area contributed by atoms with E-state index in [1.165, 1.54) is 19.3 Å². The molecule has 29 heavy (non-hydrogen) atoms. The summed E-state index contributed by atoms with van der Waals surface area (Å²) in [5, 5.41) is 10.2. The number of nitrogens with one attached hydrogen (secondary N) is 2. The maximum atomic E-state index is 5.73. The van der Waals surface area contributed by atoms with E-state index in [4.69, 9.17) is 9.40 Å². The quantitative estimate of drug-likeness (QED) is 0.326. The van der Waals surface area contributed by atoms with Crippen molar-refractivity contribution in [2.24, 2.45) is 4.99 Å². The number of likely N-dealkylation sites (tertiary alicyclic amines) is 1. The lowest BCUT2D eigenvalue weighted by atomic mass is 9.98.